The van der Waals surface area contributed by atoms with E-state index in [2.05, 4.69) is 15.2 Å². The van der Waals surface area contributed by atoms with Crippen LogP contribution in [0.25, 0.3) is 0 Å². The molecule has 2 aliphatic heterocycles. The quantitative estimate of drug-likeness (QED) is 0.752. The monoisotopic (exact) mass is 428 g/mol. The molecule has 170 valence electrons. The van der Waals surface area contributed by atoms with Crippen molar-refractivity contribution in [1.82, 2.24) is 20.1 Å². The molecule has 3 aliphatic rings. The Morgan fingerprint density at radius 3 is 2.71 bits per heavy atom. The van der Waals surface area contributed by atoms with Crippen molar-refractivity contribution in [2.45, 2.75) is 58.0 Å². The van der Waals surface area contributed by atoms with Crippen molar-refractivity contribution in [1.29, 1.82) is 0 Å². The van der Waals surface area contributed by atoms with E-state index in [0.717, 1.165) is 70.5 Å². The fraction of sp³-hybridized carbons (Fsp3) is 0.708. The second-order valence-electron chi connectivity index (χ2n) is 9.32. The number of fused-ring (bicyclic) bond motifs is 1. The van der Waals surface area contributed by atoms with Crippen LogP contribution in [0.5, 0.6) is 0 Å². The first-order valence-electron chi connectivity index (χ1n) is 11.9. The number of nitrogens with one attached hydrogen (secondary N) is 1. The molecule has 1 N–H and O–H groups in total. The molecule has 1 saturated carbocycles. The van der Waals surface area contributed by atoms with Crippen molar-refractivity contribution in [2.24, 2.45) is 11.3 Å². The van der Waals surface area contributed by atoms with Crippen molar-refractivity contribution in [3.05, 3.63) is 30.1 Å². The predicted molar refractivity (Wildman–Crippen MR) is 118 cm³/mol. The third-order valence-electron chi connectivity index (χ3n) is 7.52. The minimum absolute atomic E-state index is 0.115. The van der Waals surface area contributed by atoms with E-state index >= 15 is 0 Å². The molecular formula is C24H36N4O3. The van der Waals surface area contributed by atoms with E-state index in [0.29, 0.717) is 31.5 Å². The molecule has 2 saturated heterocycles. The highest BCUT2D eigenvalue weighted by atomic mass is 16.5. The van der Waals surface area contributed by atoms with Gasteiger partial charge in [-0.1, -0.05) is 6.92 Å². The first kappa shape index (κ1) is 22.2. The summed E-state index contributed by atoms with van der Waals surface area (Å²) in [6.07, 6.45) is 8.73. The van der Waals surface area contributed by atoms with E-state index in [1.807, 2.05) is 24.0 Å². The number of likely N-dealkylation sites (tertiary alicyclic amines) is 1. The van der Waals surface area contributed by atoms with Crippen molar-refractivity contribution >= 4 is 11.8 Å². The summed E-state index contributed by atoms with van der Waals surface area (Å²) in [5, 5.41) is 3.21. The smallest absolute Gasteiger partial charge is 0.228 e. The fourth-order valence-corrected chi connectivity index (χ4v) is 5.72. The fourth-order valence-electron chi connectivity index (χ4n) is 5.72. The minimum Gasteiger partial charge on any atom is -0.379 e. The summed E-state index contributed by atoms with van der Waals surface area (Å²) >= 11 is 0. The molecule has 0 radical (unpaired) electrons. The molecule has 1 aromatic rings. The van der Waals surface area contributed by atoms with Gasteiger partial charge in [0.2, 0.25) is 11.8 Å². The van der Waals surface area contributed by atoms with Crippen LogP contribution in [0.15, 0.2) is 24.5 Å². The number of pyridine rings is 1. The van der Waals surface area contributed by atoms with Gasteiger partial charge in [0.05, 0.1) is 18.6 Å². The van der Waals surface area contributed by atoms with Crippen molar-refractivity contribution in [2.75, 3.05) is 39.4 Å². The Morgan fingerprint density at radius 2 is 1.97 bits per heavy atom. The molecule has 7 heteroatoms. The SMILES string of the molecule is CCCC(=O)N1CC[C@@H]2C[C@@H](N3CCOCC3)CC[C@@]2(C(=O)NCc2ccncc2)C1. The number of morpholine rings is 1. The summed E-state index contributed by atoms with van der Waals surface area (Å²) in [5.41, 5.74) is 0.574. The Morgan fingerprint density at radius 1 is 1.19 bits per heavy atom. The zero-order valence-electron chi connectivity index (χ0n) is 18.7. The molecule has 3 fully saturated rings. The molecule has 0 bridgehead atoms. The number of rotatable bonds is 6. The number of carbonyl (C=O) groups is 2. The first-order chi connectivity index (χ1) is 15.1. The lowest BCUT2D eigenvalue weighted by atomic mass is 9.60. The summed E-state index contributed by atoms with van der Waals surface area (Å²) in [6.45, 7) is 7.46. The number of ether oxygens (including phenoxy) is 1. The Kier molecular flexibility index (Phi) is 7.23. The molecule has 1 aromatic heterocycles. The summed E-state index contributed by atoms with van der Waals surface area (Å²) in [5.74, 6) is 0.624. The Bertz CT molecular complexity index is 752. The van der Waals surface area contributed by atoms with Crippen LogP contribution >= 0.6 is 0 Å². The molecule has 3 atom stereocenters. The van der Waals surface area contributed by atoms with E-state index in [1.165, 1.54) is 0 Å². The summed E-state index contributed by atoms with van der Waals surface area (Å²) in [6, 6.07) is 4.39. The van der Waals surface area contributed by atoms with Gasteiger partial charge < -0.3 is 15.0 Å². The summed E-state index contributed by atoms with van der Waals surface area (Å²) in [4.78, 5) is 34.9. The van der Waals surface area contributed by atoms with E-state index < -0.39 is 5.41 Å². The van der Waals surface area contributed by atoms with Crippen molar-refractivity contribution < 1.29 is 14.3 Å². The van der Waals surface area contributed by atoms with Crippen molar-refractivity contribution in [3.63, 3.8) is 0 Å². The average molecular weight is 429 g/mol. The highest BCUT2D eigenvalue weighted by Crippen LogP contribution is 2.48. The Labute approximate surface area is 185 Å². The van der Waals surface area contributed by atoms with Gasteiger partial charge in [0, 0.05) is 57.6 Å². The van der Waals surface area contributed by atoms with Crippen LogP contribution in [-0.4, -0.2) is 72.0 Å². The number of carbonyl (C=O) groups excluding carboxylic acids is 2. The second-order valence-corrected chi connectivity index (χ2v) is 9.32. The predicted octanol–water partition coefficient (Wildman–Crippen LogP) is 2.22. The molecule has 1 aliphatic carbocycles. The van der Waals surface area contributed by atoms with Crippen LogP contribution in [-0.2, 0) is 20.9 Å². The zero-order chi connectivity index (χ0) is 21.7. The number of hydrogen-bond donors (Lipinski definition) is 1. The topological polar surface area (TPSA) is 74.8 Å². The molecule has 3 heterocycles. The highest BCUT2D eigenvalue weighted by molar-refractivity contribution is 5.85. The number of amides is 2. The van der Waals surface area contributed by atoms with Gasteiger partial charge in [-0.3, -0.25) is 19.5 Å². The standard InChI is InChI=1S/C24H36N4O3/c1-2-3-22(29)28-11-7-20-16-21(27-12-14-31-15-13-27)4-8-24(20,18-28)23(30)26-17-19-5-9-25-10-6-19/h5-6,9-10,20-21H,2-4,7-8,11-18H2,1H3,(H,26,30)/t20-,21+,24-/m1/s1. The van der Waals surface area contributed by atoms with Crippen LogP contribution in [0.2, 0.25) is 0 Å². The molecule has 4 rings (SSSR count). The highest BCUT2D eigenvalue weighted by Gasteiger charge is 2.53. The van der Waals surface area contributed by atoms with E-state index in [9.17, 15) is 9.59 Å². The minimum atomic E-state index is -0.475. The first-order valence-corrected chi connectivity index (χ1v) is 11.9. The zero-order valence-corrected chi connectivity index (χ0v) is 18.7. The lowest BCUT2D eigenvalue weighted by molar-refractivity contribution is -0.151. The molecule has 2 amide bonds. The average Bonchev–Trinajstić information content (AvgIpc) is 2.83. The number of nitrogens with zero attached hydrogens (tertiary/aromatic N) is 3. The summed E-state index contributed by atoms with van der Waals surface area (Å²) < 4.78 is 5.54. The van der Waals surface area contributed by atoms with Gasteiger partial charge in [0.25, 0.3) is 0 Å². The van der Waals surface area contributed by atoms with Crippen LogP contribution in [0.3, 0.4) is 0 Å². The third-order valence-corrected chi connectivity index (χ3v) is 7.52. The maximum Gasteiger partial charge on any atom is 0.228 e. The van der Waals surface area contributed by atoms with Gasteiger partial charge in [0.15, 0.2) is 0 Å². The molecule has 0 unspecified atom stereocenters. The largest absolute Gasteiger partial charge is 0.379 e. The van der Waals surface area contributed by atoms with Gasteiger partial charge in [-0.2, -0.15) is 0 Å². The molecule has 0 aromatic carbocycles. The molecule has 7 nitrogen and oxygen atoms in total. The Hall–Kier alpha value is -1.99. The van der Waals surface area contributed by atoms with Crippen molar-refractivity contribution in [3.8, 4) is 0 Å². The van der Waals surface area contributed by atoms with E-state index in [4.69, 9.17) is 4.74 Å². The number of hydrogen-bond acceptors (Lipinski definition) is 5. The van der Waals surface area contributed by atoms with Gasteiger partial charge in [-0.25, -0.2) is 0 Å². The number of aromatic nitrogens is 1. The van der Waals surface area contributed by atoms with E-state index in [1.54, 1.807) is 12.4 Å². The Balaban J connectivity index is 1.49. The number of piperidine rings is 1. The summed E-state index contributed by atoms with van der Waals surface area (Å²) in [7, 11) is 0. The van der Waals surface area contributed by atoms with Gasteiger partial charge in [-0.15, -0.1) is 0 Å². The molecule has 0 spiro atoms. The van der Waals surface area contributed by atoms with E-state index in [-0.39, 0.29) is 11.8 Å². The van der Waals surface area contributed by atoms with Crippen LogP contribution in [0.1, 0.15) is 51.0 Å². The van der Waals surface area contributed by atoms with Crippen LogP contribution < -0.4 is 5.32 Å². The third kappa shape index (κ3) is 4.93. The van der Waals surface area contributed by atoms with Gasteiger partial charge in [0.1, 0.15) is 0 Å². The van der Waals surface area contributed by atoms with Gasteiger partial charge >= 0.3 is 0 Å². The molecular weight excluding hydrogens is 392 g/mol. The lowest BCUT2D eigenvalue weighted by Crippen LogP contribution is -2.61. The lowest BCUT2D eigenvalue weighted by Gasteiger charge is -2.53. The van der Waals surface area contributed by atoms with Crippen LogP contribution in [0.4, 0.5) is 0 Å². The van der Waals surface area contributed by atoms with Gasteiger partial charge in [-0.05, 0) is 55.7 Å². The maximum absolute atomic E-state index is 13.6. The second kappa shape index (κ2) is 10.1. The maximum atomic E-state index is 13.6. The molecule has 31 heavy (non-hydrogen) atoms. The van der Waals surface area contributed by atoms with Crippen LogP contribution in [0, 0.1) is 11.3 Å². The normalized spacial score (nSPS) is 29.3.